The largest absolute Gasteiger partial charge is 0.392 e. The van der Waals surface area contributed by atoms with Crippen LogP contribution in [0.5, 0.6) is 0 Å². The molecule has 3 nitrogen and oxygen atoms in total. The molecule has 100 valence electrons. The summed E-state index contributed by atoms with van der Waals surface area (Å²) >= 11 is 0. The molecule has 0 atom stereocenters. The van der Waals surface area contributed by atoms with Crippen molar-refractivity contribution in [1.29, 1.82) is 0 Å². The predicted octanol–water partition coefficient (Wildman–Crippen LogP) is 2.90. The van der Waals surface area contributed by atoms with E-state index in [0.717, 1.165) is 29.5 Å². The molecule has 1 saturated carbocycles. The van der Waals surface area contributed by atoms with E-state index in [-0.39, 0.29) is 6.61 Å². The van der Waals surface area contributed by atoms with Crippen molar-refractivity contribution in [1.82, 2.24) is 4.98 Å². The van der Waals surface area contributed by atoms with Crippen LogP contribution in [0.25, 0.3) is 0 Å². The molecule has 0 unspecified atom stereocenters. The number of anilines is 1. The van der Waals surface area contributed by atoms with Crippen LogP contribution < -0.4 is 4.90 Å². The second-order valence-electron chi connectivity index (χ2n) is 5.68. The van der Waals surface area contributed by atoms with E-state index in [2.05, 4.69) is 29.8 Å². The molecule has 1 heterocycles. The van der Waals surface area contributed by atoms with Crippen molar-refractivity contribution < 1.29 is 5.11 Å². The van der Waals surface area contributed by atoms with Crippen LogP contribution in [0.15, 0.2) is 12.1 Å². The van der Waals surface area contributed by atoms with E-state index in [1.165, 1.54) is 19.3 Å². The fourth-order valence-electron chi connectivity index (χ4n) is 2.17. The van der Waals surface area contributed by atoms with Gasteiger partial charge in [0.2, 0.25) is 0 Å². The van der Waals surface area contributed by atoms with E-state index in [0.29, 0.717) is 6.04 Å². The van der Waals surface area contributed by atoms with Gasteiger partial charge in [0.05, 0.1) is 6.61 Å². The van der Waals surface area contributed by atoms with Gasteiger partial charge < -0.3 is 10.0 Å². The highest BCUT2D eigenvalue weighted by Gasteiger charge is 2.29. The molecule has 0 radical (unpaired) electrons. The highest BCUT2D eigenvalue weighted by Crippen LogP contribution is 2.31. The molecular formula is C15H24N2O. The topological polar surface area (TPSA) is 36.4 Å². The molecule has 0 aliphatic heterocycles. The van der Waals surface area contributed by atoms with Crippen LogP contribution in [-0.2, 0) is 6.61 Å². The Morgan fingerprint density at radius 1 is 1.39 bits per heavy atom. The van der Waals surface area contributed by atoms with Gasteiger partial charge in [-0.2, -0.15) is 0 Å². The zero-order chi connectivity index (χ0) is 13.1. The molecule has 1 aromatic heterocycles. The third-order valence-electron chi connectivity index (χ3n) is 3.58. The van der Waals surface area contributed by atoms with Gasteiger partial charge in [-0.05, 0) is 43.7 Å². The summed E-state index contributed by atoms with van der Waals surface area (Å²) in [5.41, 5.74) is 1.88. The third kappa shape index (κ3) is 3.22. The second-order valence-corrected chi connectivity index (χ2v) is 5.68. The highest BCUT2D eigenvalue weighted by atomic mass is 16.3. The van der Waals surface area contributed by atoms with Crippen LogP contribution in [0.1, 0.15) is 44.4 Å². The van der Waals surface area contributed by atoms with Gasteiger partial charge in [-0.1, -0.05) is 19.9 Å². The first kappa shape index (κ1) is 13.3. The molecule has 3 heteroatoms. The third-order valence-corrected chi connectivity index (χ3v) is 3.58. The Hall–Kier alpha value is -1.09. The molecule has 1 aliphatic carbocycles. The molecule has 1 aromatic rings. The number of nitrogens with zero attached hydrogens (tertiary/aromatic N) is 2. The molecular weight excluding hydrogens is 224 g/mol. The Bertz CT molecular complexity index is 399. The zero-order valence-electron chi connectivity index (χ0n) is 11.7. The first-order chi connectivity index (χ1) is 8.61. The van der Waals surface area contributed by atoms with Crippen molar-refractivity contribution in [2.75, 3.05) is 11.4 Å². The Balaban J connectivity index is 2.12. The number of aliphatic hydroxyl groups excluding tert-OH is 1. The summed E-state index contributed by atoms with van der Waals surface area (Å²) in [5, 5.41) is 9.19. The van der Waals surface area contributed by atoms with Crippen molar-refractivity contribution in [3.63, 3.8) is 0 Å². The monoisotopic (exact) mass is 248 g/mol. The van der Waals surface area contributed by atoms with Crippen LogP contribution in [-0.4, -0.2) is 22.7 Å². The summed E-state index contributed by atoms with van der Waals surface area (Å²) in [6, 6.07) is 4.75. The molecule has 0 aromatic carbocycles. The van der Waals surface area contributed by atoms with Crippen LogP contribution in [0.4, 0.5) is 5.82 Å². The Morgan fingerprint density at radius 3 is 2.61 bits per heavy atom. The van der Waals surface area contributed by atoms with E-state index in [1.54, 1.807) is 0 Å². The molecule has 1 N–H and O–H groups in total. The van der Waals surface area contributed by atoms with Gasteiger partial charge in [-0.25, -0.2) is 4.98 Å². The summed E-state index contributed by atoms with van der Waals surface area (Å²) in [6.07, 6.45) is 3.79. The number of aromatic nitrogens is 1. The van der Waals surface area contributed by atoms with Crippen molar-refractivity contribution in [2.45, 2.75) is 52.7 Å². The Kier molecular flexibility index (Phi) is 4.23. The lowest BCUT2D eigenvalue weighted by molar-refractivity contribution is 0.280. The lowest BCUT2D eigenvalue weighted by Crippen LogP contribution is -2.28. The van der Waals surface area contributed by atoms with E-state index in [1.807, 2.05) is 13.0 Å². The second kappa shape index (κ2) is 5.70. The summed E-state index contributed by atoms with van der Waals surface area (Å²) in [6.45, 7) is 7.67. The molecule has 1 aliphatic rings. The SMILES string of the molecule is Cc1nc(N(CCC(C)C)C2CC2)ccc1CO. The van der Waals surface area contributed by atoms with E-state index in [4.69, 9.17) is 0 Å². The standard InChI is InChI=1S/C15H24N2O/c1-11(2)8-9-17(14-5-6-14)15-7-4-13(10-18)12(3)16-15/h4,7,11,14,18H,5-6,8-10H2,1-3H3. The van der Waals surface area contributed by atoms with Crippen molar-refractivity contribution in [2.24, 2.45) is 5.92 Å². The van der Waals surface area contributed by atoms with Crippen molar-refractivity contribution in [3.05, 3.63) is 23.4 Å². The van der Waals surface area contributed by atoms with Gasteiger partial charge in [0.25, 0.3) is 0 Å². The van der Waals surface area contributed by atoms with Gasteiger partial charge in [-0.3, -0.25) is 0 Å². The molecule has 1 fully saturated rings. The first-order valence-electron chi connectivity index (χ1n) is 6.96. The molecule has 18 heavy (non-hydrogen) atoms. The molecule has 2 rings (SSSR count). The number of hydrogen-bond donors (Lipinski definition) is 1. The quantitative estimate of drug-likeness (QED) is 0.841. The number of hydrogen-bond acceptors (Lipinski definition) is 3. The minimum Gasteiger partial charge on any atom is -0.392 e. The first-order valence-corrected chi connectivity index (χ1v) is 6.96. The predicted molar refractivity (Wildman–Crippen MR) is 74.7 cm³/mol. The lowest BCUT2D eigenvalue weighted by Gasteiger charge is -2.25. The summed E-state index contributed by atoms with van der Waals surface area (Å²) in [7, 11) is 0. The van der Waals surface area contributed by atoms with E-state index < -0.39 is 0 Å². The normalized spacial score (nSPS) is 15.2. The number of pyridine rings is 1. The van der Waals surface area contributed by atoms with Crippen LogP contribution >= 0.6 is 0 Å². The van der Waals surface area contributed by atoms with Gasteiger partial charge >= 0.3 is 0 Å². The average molecular weight is 248 g/mol. The van der Waals surface area contributed by atoms with E-state index >= 15 is 0 Å². The zero-order valence-corrected chi connectivity index (χ0v) is 11.7. The minimum absolute atomic E-state index is 0.0779. The molecule has 0 saturated heterocycles. The van der Waals surface area contributed by atoms with Crippen LogP contribution in [0.3, 0.4) is 0 Å². The van der Waals surface area contributed by atoms with Crippen molar-refractivity contribution in [3.8, 4) is 0 Å². The maximum Gasteiger partial charge on any atom is 0.129 e. The van der Waals surface area contributed by atoms with Gasteiger partial charge in [-0.15, -0.1) is 0 Å². The number of rotatable bonds is 6. The maximum absolute atomic E-state index is 9.19. The fraction of sp³-hybridized carbons (Fsp3) is 0.667. The molecule has 0 bridgehead atoms. The van der Waals surface area contributed by atoms with E-state index in [9.17, 15) is 5.11 Å². The van der Waals surface area contributed by atoms with Crippen LogP contribution in [0, 0.1) is 12.8 Å². The molecule has 0 spiro atoms. The van der Waals surface area contributed by atoms with Crippen molar-refractivity contribution >= 4 is 5.82 Å². The van der Waals surface area contributed by atoms with Gasteiger partial charge in [0.1, 0.15) is 5.82 Å². The Labute approximate surface area is 110 Å². The summed E-state index contributed by atoms with van der Waals surface area (Å²) in [4.78, 5) is 7.09. The average Bonchev–Trinajstić information content (AvgIpc) is 3.13. The smallest absolute Gasteiger partial charge is 0.129 e. The van der Waals surface area contributed by atoms with Gasteiger partial charge in [0, 0.05) is 18.3 Å². The maximum atomic E-state index is 9.19. The number of aryl methyl sites for hydroxylation is 1. The fourth-order valence-corrected chi connectivity index (χ4v) is 2.17. The Morgan fingerprint density at radius 2 is 2.11 bits per heavy atom. The summed E-state index contributed by atoms with van der Waals surface area (Å²) in [5.74, 6) is 1.80. The number of aliphatic hydroxyl groups is 1. The van der Waals surface area contributed by atoms with Gasteiger partial charge in [0.15, 0.2) is 0 Å². The minimum atomic E-state index is 0.0779. The molecule has 0 amide bonds. The highest BCUT2D eigenvalue weighted by molar-refractivity contribution is 5.44. The lowest BCUT2D eigenvalue weighted by atomic mass is 10.1. The summed E-state index contributed by atoms with van der Waals surface area (Å²) < 4.78 is 0. The van der Waals surface area contributed by atoms with Crippen LogP contribution in [0.2, 0.25) is 0 Å².